The van der Waals surface area contributed by atoms with E-state index in [0.29, 0.717) is 15.4 Å². The van der Waals surface area contributed by atoms with Crippen molar-refractivity contribution in [2.75, 3.05) is 20.8 Å². The molecule has 3 rings (SSSR count). The molecule has 1 heterocycles. The van der Waals surface area contributed by atoms with Crippen LogP contribution < -0.4 is 14.8 Å². The lowest BCUT2D eigenvalue weighted by Crippen LogP contribution is -2.40. The van der Waals surface area contributed by atoms with Crippen LogP contribution in [-0.4, -0.2) is 45.3 Å². The summed E-state index contributed by atoms with van der Waals surface area (Å²) >= 11 is 0. The zero-order chi connectivity index (χ0) is 21.3. The van der Waals surface area contributed by atoms with Crippen LogP contribution in [0, 0.1) is 12.7 Å². The van der Waals surface area contributed by atoms with Crippen molar-refractivity contribution in [1.29, 1.82) is 0 Å². The molecule has 0 radical (unpaired) electrons. The third-order valence-corrected chi connectivity index (χ3v) is 6.29. The monoisotopic (exact) mass is 422 g/mol. The van der Waals surface area contributed by atoms with Crippen molar-refractivity contribution in [2.24, 2.45) is 0 Å². The summed E-state index contributed by atoms with van der Waals surface area (Å²) in [6.45, 7) is 0.907. The van der Waals surface area contributed by atoms with Crippen molar-refractivity contribution in [2.45, 2.75) is 18.4 Å². The highest BCUT2D eigenvalue weighted by Gasteiger charge is 2.43. The number of aryl methyl sites for hydroxylation is 1. The summed E-state index contributed by atoms with van der Waals surface area (Å²) in [5.74, 6) is -1.60. The van der Waals surface area contributed by atoms with Gasteiger partial charge in [-0.3, -0.25) is 9.59 Å². The molecule has 29 heavy (non-hydrogen) atoms. The number of nitrogens with zero attached hydrogens (tertiary/aromatic N) is 1. The van der Waals surface area contributed by atoms with E-state index >= 15 is 0 Å². The van der Waals surface area contributed by atoms with Crippen LogP contribution in [-0.2, 0) is 21.4 Å². The fourth-order valence-corrected chi connectivity index (χ4v) is 4.41. The molecular weight excluding hydrogens is 403 g/mol. The first-order chi connectivity index (χ1) is 13.7. The van der Waals surface area contributed by atoms with Crippen LogP contribution in [0.25, 0.3) is 0 Å². The first-order valence-electron chi connectivity index (χ1n) is 8.54. The number of carbonyl (C=O) groups is 2. The van der Waals surface area contributed by atoms with Crippen LogP contribution in [0.15, 0.2) is 35.2 Å². The maximum atomic E-state index is 13.6. The number of hydrogen-bond donors (Lipinski definition) is 1. The van der Waals surface area contributed by atoms with Gasteiger partial charge in [0.2, 0.25) is 5.91 Å². The van der Waals surface area contributed by atoms with Crippen LogP contribution in [0.4, 0.5) is 4.39 Å². The standard InChI is InChI=1S/C19H19FN2O6S/c1-11-4-5-12(6-14(11)20)9-21-18(23)10-22-19(24)13-7-15(27-2)16(28-3)8-17(13)29(22,25)26/h4-8H,9-10H2,1-3H3,(H,21,23). The Labute approximate surface area is 167 Å². The molecule has 154 valence electrons. The second kappa shape index (κ2) is 7.70. The van der Waals surface area contributed by atoms with Crippen molar-refractivity contribution in [3.63, 3.8) is 0 Å². The Morgan fingerprint density at radius 1 is 1.14 bits per heavy atom. The van der Waals surface area contributed by atoms with Crippen molar-refractivity contribution in [3.8, 4) is 11.5 Å². The number of methoxy groups -OCH3 is 2. The van der Waals surface area contributed by atoms with E-state index in [2.05, 4.69) is 5.32 Å². The molecule has 10 heteroatoms. The topological polar surface area (TPSA) is 102 Å². The largest absolute Gasteiger partial charge is 0.493 e. The zero-order valence-electron chi connectivity index (χ0n) is 16.0. The maximum Gasteiger partial charge on any atom is 0.269 e. The lowest BCUT2D eigenvalue weighted by atomic mass is 10.1. The third kappa shape index (κ3) is 3.75. The number of amides is 2. The lowest BCUT2D eigenvalue weighted by molar-refractivity contribution is -0.121. The van der Waals surface area contributed by atoms with Gasteiger partial charge in [-0.1, -0.05) is 12.1 Å². The van der Waals surface area contributed by atoms with Gasteiger partial charge >= 0.3 is 0 Å². The second-order valence-electron chi connectivity index (χ2n) is 6.38. The van der Waals surface area contributed by atoms with E-state index in [4.69, 9.17) is 9.47 Å². The van der Waals surface area contributed by atoms with Crippen LogP contribution in [0.3, 0.4) is 0 Å². The maximum absolute atomic E-state index is 13.6. The molecule has 0 saturated carbocycles. The smallest absolute Gasteiger partial charge is 0.269 e. The van der Waals surface area contributed by atoms with Crippen molar-refractivity contribution >= 4 is 21.8 Å². The first kappa shape index (κ1) is 20.6. The number of ether oxygens (including phenoxy) is 2. The average molecular weight is 422 g/mol. The Morgan fingerprint density at radius 3 is 2.41 bits per heavy atom. The molecule has 2 aromatic carbocycles. The quantitative estimate of drug-likeness (QED) is 0.759. The van der Waals surface area contributed by atoms with Gasteiger partial charge in [-0.2, -0.15) is 0 Å². The van der Waals surface area contributed by atoms with Gasteiger partial charge in [-0.25, -0.2) is 17.1 Å². The predicted molar refractivity (Wildman–Crippen MR) is 101 cm³/mol. The van der Waals surface area contributed by atoms with Gasteiger partial charge in [-0.15, -0.1) is 0 Å². The molecule has 2 aromatic rings. The van der Waals surface area contributed by atoms with Crippen LogP contribution in [0.5, 0.6) is 11.5 Å². The van der Waals surface area contributed by atoms with E-state index in [1.54, 1.807) is 19.1 Å². The van der Waals surface area contributed by atoms with Gasteiger partial charge in [0.15, 0.2) is 11.5 Å². The predicted octanol–water partition coefficient (Wildman–Crippen LogP) is 1.61. The van der Waals surface area contributed by atoms with Gasteiger partial charge in [0.1, 0.15) is 17.3 Å². The molecule has 0 fully saturated rings. The second-order valence-corrected chi connectivity index (χ2v) is 8.21. The number of carbonyl (C=O) groups excluding carboxylic acids is 2. The molecule has 0 aromatic heterocycles. The molecule has 1 N–H and O–H groups in total. The van der Waals surface area contributed by atoms with Crippen LogP contribution in [0.2, 0.25) is 0 Å². The Morgan fingerprint density at radius 2 is 1.79 bits per heavy atom. The highest BCUT2D eigenvalue weighted by atomic mass is 32.2. The van der Waals surface area contributed by atoms with Crippen molar-refractivity contribution in [1.82, 2.24) is 9.62 Å². The Kier molecular flexibility index (Phi) is 5.47. The molecule has 0 atom stereocenters. The fourth-order valence-electron chi connectivity index (χ4n) is 2.89. The summed E-state index contributed by atoms with van der Waals surface area (Å²) in [6, 6.07) is 6.95. The summed E-state index contributed by atoms with van der Waals surface area (Å²) in [4.78, 5) is 24.6. The number of benzene rings is 2. The first-order valence-corrected chi connectivity index (χ1v) is 9.98. The number of halogens is 1. The van der Waals surface area contributed by atoms with E-state index in [1.165, 1.54) is 32.4 Å². The number of fused-ring (bicyclic) bond motifs is 1. The molecule has 0 unspecified atom stereocenters. The molecule has 2 amide bonds. The van der Waals surface area contributed by atoms with Crippen LogP contribution in [0.1, 0.15) is 21.5 Å². The minimum absolute atomic E-state index is 0.00724. The van der Waals surface area contributed by atoms with E-state index in [9.17, 15) is 22.4 Å². The molecule has 0 spiro atoms. The van der Waals surface area contributed by atoms with Gasteiger partial charge in [0.25, 0.3) is 15.9 Å². The van der Waals surface area contributed by atoms with E-state index in [1.807, 2.05) is 0 Å². The lowest BCUT2D eigenvalue weighted by Gasteiger charge is -2.15. The SMILES string of the molecule is COc1cc2c(cc1OC)S(=O)(=O)N(CC(=O)NCc1ccc(C)c(F)c1)C2=O. The Hall–Kier alpha value is -3.14. The zero-order valence-corrected chi connectivity index (χ0v) is 16.8. The van der Waals surface area contributed by atoms with E-state index in [0.717, 1.165) is 0 Å². The summed E-state index contributed by atoms with van der Waals surface area (Å²) in [5, 5.41) is 2.49. The van der Waals surface area contributed by atoms with Gasteiger partial charge in [0, 0.05) is 12.6 Å². The molecule has 8 nitrogen and oxygen atoms in total. The van der Waals surface area contributed by atoms with Gasteiger partial charge in [0.05, 0.1) is 19.8 Å². The van der Waals surface area contributed by atoms with Crippen molar-refractivity contribution in [3.05, 3.63) is 52.8 Å². The fraction of sp³-hybridized carbons (Fsp3) is 0.263. The van der Waals surface area contributed by atoms with Crippen LogP contribution >= 0.6 is 0 Å². The van der Waals surface area contributed by atoms with E-state index < -0.39 is 34.2 Å². The molecule has 1 aliphatic rings. The number of sulfonamides is 1. The molecule has 0 bridgehead atoms. The summed E-state index contributed by atoms with van der Waals surface area (Å²) < 4.78 is 49.7. The molecule has 0 aliphatic carbocycles. The Balaban J connectivity index is 1.77. The number of hydrogen-bond acceptors (Lipinski definition) is 6. The molecular formula is C19H19FN2O6S. The third-order valence-electron chi connectivity index (χ3n) is 4.52. The average Bonchev–Trinajstić information content (AvgIpc) is 2.88. The minimum Gasteiger partial charge on any atom is -0.493 e. The Bertz CT molecular complexity index is 1100. The van der Waals surface area contributed by atoms with Gasteiger partial charge < -0.3 is 14.8 Å². The highest BCUT2D eigenvalue weighted by Crippen LogP contribution is 2.38. The molecule has 0 saturated heterocycles. The summed E-state index contributed by atoms with van der Waals surface area (Å²) in [7, 11) is -1.52. The van der Waals surface area contributed by atoms with Gasteiger partial charge in [-0.05, 0) is 30.2 Å². The number of rotatable bonds is 6. The molecule has 1 aliphatic heterocycles. The minimum atomic E-state index is -4.22. The highest BCUT2D eigenvalue weighted by molar-refractivity contribution is 7.90. The number of nitrogens with one attached hydrogen (secondary N) is 1. The van der Waals surface area contributed by atoms with E-state index in [-0.39, 0.29) is 28.5 Å². The summed E-state index contributed by atoms with van der Waals surface area (Å²) in [6.07, 6.45) is 0. The summed E-state index contributed by atoms with van der Waals surface area (Å²) in [5.41, 5.74) is 0.878. The normalized spacial score (nSPS) is 14.5. The van der Waals surface area contributed by atoms with Crippen molar-refractivity contribution < 1.29 is 31.9 Å².